The van der Waals surface area contributed by atoms with E-state index in [0.717, 1.165) is 39.1 Å². The van der Waals surface area contributed by atoms with Crippen LogP contribution < -0.4 is 5.32 Å². The number of nitrogens with one attached hydrogen (secondary N) is 1. The van der Waals surface area contributed by atoms with E-state index in [1.54, 1.807) is 0 Å². The molecule has 0 bridgehead atoms. The molecule has 0 saturated carbocycles. The molecule has 0 aliphatic carbocycles. The maximum atomic E-state index is 6.22. The second-order valence-electron chi connectivity index (χ2n) is 5.84. The minimum Gasteiger partial charge on any atom is -0.373 e. The smallest absolute Gasteiger partial charge is 0.0738 e. The highest BCUT2D eigenvalue weighted by Crippen LogP contribution is 2.32. The van der Waals surface area contributed by atoms with E-state index in [1.807, 2.05) is 18.4 Å². The molecule has 0 atom stereocenters. The van der Waals surface area contributed by atoms with Crippen molar-refractivity contribution in [2.45, 2.75) is 32.1 Å². The largest absolute Gasteiger partial charge is 0.373 e. The second kappa shape index (κ2) is 6.88. The third kappa shape index (κ3) is 3.46. The summed E-state index contributed by atoms with van der Waals surface area (Å²) in [6.07, 6.45) is 2.72. The van der Waals surface area contributed by atoms with E-state index in [9.17, 15) is 0 Å². The van der Waals surface area contributed by atoms with Crippen LogP contribution in [0.1, 0.15) is 23.3 Å². The van der Waals surface area contributed by atoms with Gasteiger partial charge in [-0.05, 0) is 38.4 Å². The summed E-state index contributed by atoms with van der Waals surface area (Å²) < 4.78 is 7.59. The molecule has 0 radical (unpaired) electrons. The van der Waals surface area contributed by atoms with Crippen molar-refractivity contribution in [3.8, 4) is 0 Å². The average molecular weight is 304 g/mol. The molecule has 1 aliphatic heterocycles. The van der Waals surface area contributed by atoms with E-state index in [2.05, 4.69) is 41.5 Å². The van der Waals surface area contributed by atoms with Crippen molar-refractivity contribution in [3.05, 3.63) is 34.7 Å². The first-order valence-corrected chi connectivity index (χ1v) is 8.53. The number of piperidine rings is 1. The first kappa shape index (κ1) is 15.0. The Morgan fingerprint density at radius 2 is 2.05 bits per heavy atom. The van der Waals surface area contributed by atoms with Crippen LogP contribution in [0.5, 0.6) is 0 Å². The normalized spacial score (nSPS) is 17.6. The van der Waals surface area contributed by atoms with Crippen molar-refractivity contribution in [1.82, 2.24) is 10.2 Å². The average Bonchev–Trinajstić information content (AvgIpc) is 2.85. The van der Waals surface area contributed by atoms with Gasteiger partial charge in [-0.15, -0.1) is 11.3 Å². The van der Waals surface area contributed by atoms with E-state index in [0.29, 0.717) is 6.10 Å². The fourth-order valence-electron chi connectivity index (χ4n) is 2.96. The number of rotatable bonds is 5. The Kier molecular flexibility index (Phi) is 4.91. The van der Waals surface area contributed by atoms with Crippen LogP contribution in [0.4, 0.5) is 0 Å². The van der Waals surface area contributed by atoms with Gasteiger partial charge in [-0.2, -0.15) is 0 Å². The summed E-state index contributed by atoms with van der Waals surface area (Å²) in [7, 11) is 4.19. The molecule has 1 N–H and O–H groups in total. The molecule has 1 saturated heterocycles. The number of likely N-dealkylation sites (tertiary alicyclic amines) is 1. The maximum absolute atomic E-state index is 6.22. The van der Waals surface area contributed by atoms with Gasteiger partial charge in [-0.3, -0.25) is 0 Å². The van der Waals surface area contributed by atoms with Crippen molar-refractivity contribution in [2.24, 2.45) is 0 Å². The lowest BCUT2D eigenvalue weighted by Crippen LogP contribution is -2.34. The molecule has 1 aromatic heterocycles. The summed E-state index contributed by atoms with van der Waals surface area (Å²) in [4.78, 5) is 3.79. The Hall–Kier alpha value is -0.940. The Morgan fingerprint density at radius 1 is 1.29 bits per heavy atom. The first-order valence-electron chi connectivity index (χ1n) is 7.72. The third-order valence-electron chi connectivity index (χ3n) is 4.25. The van der Waals surface area contributed by atoms with E-state index < -0.39 is 0 Å². The SMILES string of the molecule is CNCc1sc2ccccc2c1COC1CCN(C)CC1. The molecule has 2 aromatic rings. The topological polar surface area (TPSA) is 24.5 Å². The number of hydrogen-bond donors (Lipinski definition) is 1. The number of thiophene rings is 1. The van der Waals surface area contributed by atoms with Gasteiger partial charge in [0.25, 0.3) is 0 Å². The molecule has 4 heteroatoms. The summed E-state index contributed by atoms with van der Waals surface area (Å²) >= 11 is 1.88. The van der Waals surface area contributed by atoms with Crippen LogP contribution in [0.3, 0.4) is 0 Å². The zero-order chi connectivity index (χ0) is 14.7. The van der Waals surface area contributed by atoms with Gasteiger partial charge in [0.1, 0.15) is 0 Å². The lowest BCUT2D eigenvalue weighted by molar-refractivity contribution is 0.00246. The van der Waals surface area contributed by atoms with Crippen molar-refractivity contribution in [3.63, 3.8) is 0 Å². The van der Waals surface area contributed by atoms with Crippen LogP contribution in [0, 0.1) is 0 Å². The van der Waals surface area contributed by atoms with Crippen molar-refractivity contribution < 1.29 is 4.74 Å². The maximum Gasteiger partial charge on any atom is 0.0738 e. The number of ether oxygens (including phenoxy) is 1. The predicted octanol–water partition coefficient (Wildman–Crippen LogP) is 3.23. The van der Waals surface area contributed by atoms with Gasteiger partial charge in [-0.1, -0.05) is 18.2 Å². The van der Waals surface area contributed by atoms with Gasteiger partial charge >= 0.3 is 0 Å². The van der Waals surface area contributed by atoms with Gasteiger partial charge < -0.3 is 15.0 Å². The van der Waals surface area contributed by atoms with Crippen LogP contribution in [0.25, 0.3) is 10.1 Å². The zero-order valence-electron chi connectivity index (χ0n) is 12.9. The van der Waals surface area contributed by atoms with E-state index in [4.69, 9.17) is 4.74 Å². The fourth-order valence-corrected chi connectivity index (χ4v) is 4.19. The lowest BCUT2D eigenvalue weighted by Gasteiger charge is -2.29. The molecule has 2 heterocycles. The van der Waals surface area contributed by atoms with E-state index in [-0.39, 0.29) is 0 Å². The number of benzene rings is 1. The van der Waals surface area contributed by atoms with Crippen molar-refractivity contribution in [1.29, 1.82) is 0 Å². The third-order valence-corrected chi connectivity index (χ3v) is 5.46. The predicted molar refractivity (Wildman–Crippen MR) is 89.9 cm³/mol. The molecule has 1 fully saturated rings. The van der Waals surface area contributed by atoms with Gasteiger partial charge in [-0.25, -0.2) is 0 Å². The van der Waals surface area contributed by atoms with Gasteiger partial charge in [0.15, 0.2) is 0 Å². The van der Waals surface area contributed by atoms with E-state index >= 15 is 0 Å². The highest BCUT2D eigenvalue weighted by atomic mass is 32.1. The highest BCUT2D eigenvalue weighted by Gasteiger charge is 2.19. The van der Waals surface area contributed by atoms with Crippen LogP contribution >= 0.6 is 11.3 Å². The summed E-state index contributed by atoms with van der Waals surface area (Å²) in [5.41, 5.74) is 1.38. The van der Waals surface area contributed by atoms with Crippen molar-refractivity contribution in [2.75, 3.05) is 27.2 Å². The summed E-state index contributed by atoms with van der Waals surface area (Å²) in [5.74, 6) is 0. The molecule has 0 spiro atoms. The molecule has 0 amide bonds. The van der Waals surface area contributed by atoms with Gasteiger partial charge in [0, 0.05) is 34.8 Å². The molecule has 1 aliphatic rings. The summed E-state index contributed by atoms with van der Waals surface area (Å²) in [6.45, 7) is 3.97. The van der Waals surface area contributed by atoms with Crippen LogP contribution in [0.15, 0.2) is 24.3 Å². The van der Waals surface area contributed by atoms with Gasteiger partial charge in [0.05, 0.1) is 12.7 Å². The Morgan fingerprint density at radius 3 is 2.81 bits per heavy atom. The molecular formula is C17H24N2OS. The lowest BCUT2D eigenvalue weighted by atomic mass is 10.1. The van der Waals surface area contributed by atoms with Crippen LogP contribution in [-0.2, 0) is 17.9 Å². The summed E-state index contributed by atoms with van der Waals surface area (Å²) in [5, 5.41) is 4.64. The molecule has 3 rings (SSSR count). The van der Waals surface area contributed by atoms with Crippen LogP contribution in [0.2, 0.25) is 0 Å². The molecule has 114 valence electrons. The minimum absolute atomic E-state index is 0.419. The quantitative estimate of drug-likeness (QED) is 0.918. The fraction of sp³-hybridized carbons (Fsp3) is 0.529. The molecular weight excluding hydrogens is 280 g/mol. The Balaban J connectivity index is 1.74. The second-order valence-corrected chi connectivity index (χ2v) is 6.98. The molecule has 1 aromatic carbocycles. The van der Waals surface area contributed by atoms with Crippen LogP contribution in [-0.4, -0.2) is 38.2 Å². The number of fused-ring (bicyclic) bond motifs is 1. The Labute approximate surface area is 130 Å². The molecule has 3 nitrogen and oxygen atoms in total. The van der Waals surface area contributed by atoms with Gasteiger partial charge in [0.2, 0.25) is 0 Å². The monoisotopic (exact) mass is 304 g/mol. The Bertz CT molecular complexity index is 587. The standard InChI is InChI=1S/C17H24N2OS/c1-18-11-17-15(14-5-3-4-6-16(14)21-17)12-20-13-7-9-19(2)10-8-13/h3-6,13,18H,7-12H2,1-2H3. The first-order chi connectivity index (χ1) is 10.3. The summed E-state index contributed by atoms with van der Waals surface area (Å²) in [6, 6.07) is 8.66. The van der Waals surface area contributed by atoms with Crippen molar-refractivity contribution >= 4 is 21.4 Å². The number of nitrogens with zero attached hydrogens (tertiary/aromatic N) is 1. The zero-order valence-corrected chi connectivity index (χ0v) is 13.7. The van der Waals surface area contributed by atoms with E-state index in [1.165, 1.54) is 20.5 Å². The number of hydrogen-bond acceptors (Lipinski definition) is 4. The molecule has 0 unspecified atom stereocenters. The molecule has 21 heavy (non-hydrogen) atoms. The highest BCUT2D eigenvalue weighted by molar-refractivity contribution is 7.19. The minimum atomic E-state index is 0.419.